The molecule has 0 fully saturated rings. The highest BCUT2D eigenvalue weighted by molar-refractivity contribution is 6.58. The van der Waals surface area contributed by atoms with Gasteiger partial charge in [-0.2, -0.15) is 0 Å². The Balaban J connectivity index is 0.000000611. The van der Waals surface area contributed by atoms with E-state index in [1.54, 1.807) is 0 Å². The van der Waals surface area contributed by atoms with Gasteiger partial charge in [0.25, 0.3) is 11.8 Å². The van der Waals surface area contributed by atoms with E-state index in [9.17, 15) is 43.2 Å². The maximum absolute atomic E-state index is 12.3. The van der Waals surface area contributed by atoms with E-state index < -0.39 is 54.4 Å². The van der Waals surface area contributed by atoms with Crippen molar-refractivity contribution in [1.29, 1.82) is 0 Å². The maximum atomic E-state index is 12.3. The monoisotopic (exact) mass is 654 g/mol. The van der Waals surface area contributed by atoms with Crippen LogP contribution in [0.5, 0.6) is 0 Å². The van der Waals surface area contributed by atoms with Crippen molar-refractivity contribution in [3.8, 4) is 0 Å². The fourth-order valence-electron chi connectivity index (χ4n) is 3.90. The lowest BCUT2D eigenvalue weighted by Crippen LogP contribution is -2.49. The Bertz CT molecular complexity index is 1300. The molecule has 16 nitrogen and oxygen atoms in total. The first-order chi connectivity index (χ1) is 22.3. The number of unbranched alkanes of at least 4 members (excludes halogenated alkanes) is 2. The molecule has 1 aliphatic heterocycles. The van der Waals surface area contributed by atoms with Gasteiger partial charge in [-0.25, -0.2) is 0 Å². The van der Waals surface area contributed by atoms with Crippen molar-refractivity contribution in [2.45, 2.75) is 57.4 Å². The van der Waals surface area contributed by atoms with Crippen molar-refractivity contribution in [2.75, 3.05) is 26.2 Å². The van der Waals surface area contributed by atoms with E-state index in [0.29, 0.717) is 32.1 Å². The minimum absolute atomic E-state index is 0.0517. The molecule has 1 heterocycles. The number of carbonyl (C=O) groups is 9. The molecule has 47 heavy (non-hydrogen) atoms. The van der Waals surface area contributed by atoms with Gasteiger partial charge in [-0.15, -0.1) is 0 Å². The number of hydrogen-bond acceptors (Lipinski definition) is 9. The topological polar surface area (TPSA) is 251 Å². The number of primary amides is 1. The number of rotatable bonds is 20. The van der Waals surface area contributed by atoms with Gasteiger partial charge < -0.3 is 36.9 Å². The number of carboxylic acid groups (broad SMARTS) is 1. The van der Waals surface area contributed by atoms with Crippen LogP contribution in [-0.2, 0) is 49.6 Å². The van der Waals surface area contributed by atoms with E-state index in [1.807, 2.05) is 30.3 Å². The number of imide groups is 1. The summed E-state index contributed by atoms with van der Waals surface area (Å²) in [7, 11) is 4.89. The molecule has 0 bridgehead atoms. The van der Waals surface area contributed by atoms with Crippen LogP contribution in [0, 0.1) is 0 Å². The van der Waals surface area contributed by atoms with Gasteiger partial charge in [0.2, 0.25) is 29.5 Å². The molecule has 0 saturated heterocycles. The Morgan fingerprint density at radius 3 is 2.00 bits per heavy atom. The van der Waals surface area contributed by atoms with Crippen molar-refractivity contribution < 1.29 is 48.3 Å². The summed E-state index contributed by atoms with van der Waals surface area (Å²) < 4.78 is 0. The van der Waals surface area contributed by atoms with Gasteiger partial charge in [0.1, 0.15) is 6.04 Å². The van der Waals surface area contributed by atoms with Crippen LogP contribution in [0.4, 0.5) is 0 Å². The summed E-state index contributed by atoms with van der Waals surface area (Å²) in [6.07, 6.45) is 4.42. The second kappa shape index (κ2) is 22.2. The zero-order valence-corrected chi connectivity index (χ0v) is 25.8. The molecule has 0 saturated carbocycles. The number of nitrogens with zero attached hydrogens (tertiary/aromatic N) is 1. The minimum atomic E-state index is -1.16. The summed E-state index contributed by atoms with van der Waals surface area (Å²) in [6, 6.07) is 8.54. The quantitative estimate of drug-likeness (QED) is 0.0511. The summed E-state index contributed by atoms with van der Waals surface area (Å²) >= 11 is 0. The highest BCUT2D eigenvalue weighted by Gasteiger charge is 2.23. The van der Waals surface area contributed by atoms with Crippen molar-refractivity contribution in [2.24, 2.45) is 5.73 Å². The van der Waals surface area contributed by atoms with Crippen LogP contribution in [0.2, 0.25) is 0 Å². The maximum Gasteiger partial charge on any atom is 0.303 e. The molecule has 7 amide bonds. The third-order valence-electron chi connectivity index (χ3n) is 6.31. The number of carboxylic acids is 1. The summed E-state index contributed by atoms with van der Waals surface area (Å²) in [4.78, 5) is 103. The molecule has 0 aliphatic carbocycles. The lowest BCUT2D eigenvalue weighted by molar-refractivity contribution is -0.138. The van der Waals surface area contributed by atoms with E-state index in [1.165, 1.54) is 12.2 Å². The molecule has 2 rings (SSSR count). The van der Waals surface area contributed by atoms with E-state index in [-0.39, 0.29) is 50.1 Å². The molecular formula is C30H39BN6O10. The van der Waals surface area contributed by atoms with Crippen molar-refractivity contribution in [1.82, 2.24) is 26.2 Å². The van der Waals surface area contributed by atoms with Crippen LogP contribution < -0.4 is 27.0 Å². The van der Waals surface area contributed by atoms with Crippen LogP contribution >= 0.6 is 0 Å². The lowest BCUT2D eigenvalue weighted by atomic mass is 10.0. The summed E-state index contributed by atoms with van der Waals surface area (Å²) in [5.41, 5.74) is 5.47. The molecule has 2 radical (unpaired) electrons. The number of carbonyl (C=O) groups excluding carboxylic acids is 8. The number of aryl methyl sites for hydroxylation is 1. The predicted octanol–water partition coefficient (Wildman–Crippen LogP) is -2.03. The molecule has 0 spiro atoms. The van der Waals surface area contributed by atoms with Gasteiger partial charge in [-0.3, -0.25) is 43.3 Å². The number of nitrogens with one attached hydrogen (secondary N) is 4. The van der Waals surface area contributed by atoms with Gasteiger partial charge in [0.05, 0.1) is 25.3 Å². The van der Waals surface area contributed by atoms with Gasteiger partial charge >= 0.3 is 5.97 Å². The molecule has 1 unspecified atom stereocenters. The van der Waals surface area contributed by atoms with Crippen molar-refractivity contribution >= 4 is 60.8 Å². The highest BCUT2D eigenvalue weighted by Crippen LogP contribution is 2.08. The first-order valence-corrected chi connectivity index (χ1v) is 14.7. The number of aliphatic carboxylic acids is 1. The second-order valence-electron chi connectivity index (χ2n) is 10.2. The van der Waals surface area contributed by atoms with E-state index >= 15 is 0 Å². The molecular weight excluding hydrogens is 615 g/mol. The Morgan fingerprint density at radius 2 is 1.40 bits per heavy atom. The fourth-order valence-corrected chi connectivity index (χ4v) is 3.90. The minimum Gasteiger partial charge on any atom is -0.481 e. The summed E-state index contributed by atoms with van der Waals surface area (Å²) in [6.45, 7) is -0.722. The Labute approximate surface area is 272 Å². The lowest BCUT2D eigenvalue weighted by Gasteiger charge is -2.18. The first-order valence-electron chi connectivity index (χ1n) is 14.7. The number of hydrogen-bond donors (Lipinski definition) is 6. The van der Waals surface area contributed by atoms with Crippen LogP contribution in [-0.4, -0.2) is 103 Å². The third kappa shape index (κ3) is 18.9. The molecule has 1 aromatic carbocycles. The van der Waals surface area contributed by atoms with E-state index in [0.717, 1.165) is 10.5 Å². The molecule has 17 heteroatoms. The van der Waals surface area contributed by atoms with Crippen molar-refractivity contribution in [3.63, 3.8) is 0 Å². The Kier molecular flexibility index (Phi) is 18.7. The normalized spacial score (nSPS) is 12.3. The van der Waals surface area contributed by atoms with E-state index in [2.05, 4.69) is 21.3 Å². The standard InChI is InChI=1S/C19H27N5O8.C11H12BNO2/c20-13(25)10-21-15(27)11-22-19(32)12(5-8-18(30)31)23-14(26)4-2-1-3-9-24-16(28)6-7-17(24)29;12-10(14)8-13-11(15)7-6-9-4-2-1-3-5-9/h6-7,12H,1-5,8-11H2,(H2,20,25)(H,21,27)(H,22,32)(H,23,26)(H,30,31);1-5H,6-8H2,(H,13,15). The van der Waals surface area contributed by atoms with Crippen LogP contribution in [0.3, 0.4) is 0 Å². The number of benzene rings is 1. The molecule has 7 N–H and O–H groups in total. The van der Waals surface area contributed by atoms with Crippen LogP contribution in [0.1, 0.15) is 50.5 Å². The van der Waals surface area contributed by atoms with Gasteiger partial charge in [-0.05, 0) is 31.2 Å². The predicted molar refractivity (Wildman–Crippen MR) is 167 cm³/mol. The average Bonchev–Trinajstić information content (AvgIpc) is 3.35. The van der Waals surface area contributed by atoms with Gasteiger partial charge in [0, 0.05) is 38.0 Å². The summed E-state index contributed by atoms with van der Waals surface area (Å²) in [5.74, 6) is -4.71. The van der Waals surface area contributed by atoms with Crippen molar-refractivity contribution in [3.05, 3.63) is 48.0 Å². The summed E-state index contributed by atoms with van der Waals surface area (Å²) in [5, 5.41) is 18.2. The molecule has 252 valence electrons. The Hall–Kier alpha value is -5.35. The highest BCUT2D eigenvalue weighted by atomic mass is 16.4. The van der Waals surface area contributed by atoms with Gasteiger partial charge in [-0.1, -0.05) is 36.8 Å². The smallest absolute Gasteiger partial charge is 0.303 e. The Morgan fingerprint density at radius 1 is 0.766 bits per heavy atom. The molecule has 1 aromatic rings. The number of amides is 7. The molecule has 1 aliphatic rings. The number of nitrogens with two attached hydrogens (primary N) is 1. The van der Waals surface area contributed by atoms with Gasteiger partial charge in [0.15, 0.2) is 7.85 Å². The molecule has 0 aromatic heterocycles. The fraction of sp³-hybridized carbons (Fsp3) is 0.433. The average molecular weight is 654 g/mol. The zero-order valence-electron chi connectivity index (χ0n) is 25.8. The third-order valence-corrected chi connectivity index (χ3v) is 6.31. The first kappa shape index (κ1) is 39.7. The zero-order chi connectivity index (χ0) is 35.2. The van der Waals surface area contributed by atoms with Crippen LogP contribution in [0.25, 0.3) is 0 Å². The SMILES string of the molecule is NC(=O)CNC(=O)CNC(=O)C(CCC(=O)O)NC(=O)CCCCCN1C(=O)C=CC1=O.[B]C(=O)CNC(=O)CCc1ccccc1. The second-order valence-corrected chi connectivity index (χ2v) is 10.2. The largest absolute Gasteiger partial charge is 0.481 e. The molecule has 1 atom stereocenters. The van der Waals surface area contributed by atoms with Crippen LogP contribution in [0.15, 0.2) is 42.5 Å². The van der Waals surface area contributed by atoms with E-state index in [4.69, 9.17) is 18.7 Å².